The zero-order valence-corrected chi connectivity index (χ0v) is 23.5. The molecule has 3 heterocycles. The van der Waals surface area contributed by atoms with Crippen molar-refractivity contribution >= 4 is 28.8 Å². The van der Waals surface area contributed by atoms with Crippen molar-refractivity contribution in [2.24, 2.45) is 15.9 Å². The minimum absolute atomic E-state index is 0.0322. The van der Waals surface area contributed by atoms with Gasteiger partial charge in [0.1, 0.15) is 0 Å². The van der Waals surface area contributed by atoms with Gasteiger partial charge in [0.15, 0.2) is 11.6 Å². The topological polar surface area (TPSA) is 104 Å². The van der Waals surface area contributed by atoms with Gasteiger partial charge in [0.25, 0.3) is 5.91 Å². The quantitative estimate of drug-likeness (QED) is 0.444. The molecule has 2 fully saturated rings. The number of carbonyl (C=O) groups excluding carboxylic acids is 2. The summed E-state index contributed by atoms with van der Waals surface area (Å²) < 4.78 is 34.1. The first-order valence-electron chi connectivity index (χ1n) is 14.3. The fourth-order valence-corrected chi connectivity index (χ4v) is 6.08. The van der Waals surface area contributed by atoms with E-state index in [1.165, 1.54) is 19.2 Å². The molecule has 1 unspecified atom stereocenters. The van der Waals surface area contributed by atoms with Gasteiger partial charge in [-0.25, -0.2) is 4.39 Å². The second-order valence-electron chi connectivity index (χ2n) is 11.3. The van der Waals surface area contributed by atoms with Crippen LogP contribution in [0.3, 0.4) is 0 Å². The smallest absolute Gasteiger partial charge is 0.251 e. The molecular weight excluding hydrogens is 540 g/mol. The Morgan fingerprint density at radius 2 is 1.88 bits per heavy atom. The van der Waals surface area contributed by atoms with E-state index in [2.05, 4.69) is 25.9 Å². The fourth-order valence-electron chi connectivity index (χ4n) is 6.08. The largest absolute Gasteiger partial charge is 0.494 e. The molecule has 0 radical (unpaired) electrons. The minimum atomic E-state index is -1.03. The molecule has 6 rings (SSSR count). The molecule has 0 spiro atoms. The molecule has 0 bridgehead atoms. The van der Waals surface area contributed by atoms with Crippen LogP contribution in [0.4, 0.5) is 8.78 Å². The van der Waals surface area contributed by atoms with Crippen molar-refractivity contribution in [1.82, 2.24) is 16.0 Å². The Balaban J connectivity index is 1.05. The second kappa shape index (κ2) is 11.6. The summed E-state index contributed by atoms with van der Waals surface area (Å²) in [4.78, 5) is 34.3. The maximum atomic E-state index is 14.8. The Labute approximate surface area is 243 Å². The molecule has 218 valence electrons. The molecule has 1 saturated carbocycles. The molecule has 1 saturated heterocycles. The summed E-state index contributed by atoms with van der Waals surface area (Å²) >= 11 is 0. The molecule has 8 nitrogen and oxygen atoms in total. The number of halogens is 2. The third-order valence-corrected chi connectivity index (χ3v) is 8.46. The molecular formula is C32H33F2N5O3. The summed E-state index contributed by atoms with van der Waals surface area (Å²) in [7, 11) is 1.29. The number of benzene rings is 2. The Kier molecular flexibility index (Phi) is 7.72. The highest BCUT2D eigenvalue weighted by atomic mass is 19.2. The van der Waals surface area contributed by atoms with Gasteiger partial charge in [-0.1, -0.05) is 18.2 Å². The van der Waals surface area contributed by atoms with Gasteiger partial charge < -0.3 is 20.7 Å². The number of nitrogens with zero attached hydrogens (tertiary/aromatic N) is 2. The van der Waals surface area contributed by atoms with Crippen LogP contribution in [0.5, 0.6) is 5.75 Å². The van der Waals surface area contributed by atoms with Gasteiger partial charge in [0, 0.05) is 42.0 Å². The number of allylic oxidation sites excluding steroid dienone is 2. The van der Waals surface area contributed by atoms with Gasteiger partial charge in [0.05, 0.1) is 30.5 Å². The van der Waals surface area contributed by atoms with Crippen molar-refractivity contribution in [2.45, 2.75) is 57.2 Å². The van der Waals surface area contributed by atoms with Crippen molar-refractivity contribution < 1.29 is 23.1 Å². The predicted molar refractivity (Wildman–Crippen MR) is 157 cm³/mol. The molecule has 2 amide bonds. The van der Waals surface area contributed by atoms with E-state index in [0.29, 0.717) is 23.3 Å². The Morgan fingerprint density at radius 3 is 2.62 bits per heavy atom. The number of ether oxygens (including phenoxy) is 1. The van der Waals surface area contributed by atoms with E-state index in [-0.39, 0.29) is 47.2 Å². The highest BCUT2D eigenvalue weighted by molar-refractivity contribution is 6.47. The van der Waals surface area contributed by atoms with E-state index in [9.17, 15) is 18.4 Å². The van der Waals surface area contributed by atoms with Crippen LogP contribution in [-0.2, 0) is 11.2 Å². The molecule has 0 aromatic heterocycles. The molecule has 10 heteroatoms. The SMILES string of the molecule is COc1ccc(C2=CN=C3C(Cc4ccc(C(=O)N[C@H]5C[C@@H](NC(=O)[C@@H]6CCCN6)C5)c(C)c4)=NC=CC23)c(F)c1F. The summed E-state index contributed by atoms with van der Waals surface area (Å²) in [5.41, 5.74) is 4.52. The lowest BCUT2D eigenvalue weighted by molar-refractivity contribution is -0.124. The lowest BCUT2D eigenvalue weighted by atomic mass is 9.85. The van der Waals surface area contributed by atoms with E-state index in [1.54, 1.807) is 12.4 Å². The average Bonchev–Trinajstić information content (AvgIpc) is 3.65. The van der Waals surface area contributed by atoms with E-state index in [0.717, 1.165) is 49.1 Å². The van der Waals surface area contributed by atoms with Crippen LogP contribution < -0.4 is 20.7 Å². The van der Waals surface area contributed by atoms with E-state index < -0.39 is 11.6 Å². The van der Waals surface area contributed by atoms with Gasteiger partial charge in [-0.15, -0.1) is 0 Å². The number of fused-ring (bicyclic) bond motifs is 1. The zero-order chi connectivity index (χ0) is 29.4. The lowest BCUT2D eigenvalue weighted by Crippen LogP contribution is -2.56. The third kappa shape index (κ3) is 5.38. The van der Waals surface area contributed by atoms with Gasteiger partial charge in [0.2, 0.25) is 11.7 Å². The number of rotatable bonds is 8. The van der Waals surface area contributed by atoms with E-state index in [1.807, 2.05) is 31.2 Å². The molecule has 2 aromatic carbocycles. The minimum Gasteiger partial charge on any atom is -0.494 e. The van der Waals surface area contributed by atoms with Gasteiger partial charge in [-0.05, 0) is 74.1 Å². The van der Waals surface area contributed by atoms with E-state index >= 15 is 0 Å². The number of aryl methyl sites for hydroxylation is 1. The summed E-state index contributed by atoms with van der Waals surface area (Å²) in [6.07, 6.45) is 8.87. The average molecular weight is 574 g/mol. The predicted octanol–water partition coefficient (Wildman–Crippen LogP) is 4.03. The molecule has 42 heavy (non-hydrogen) atoms. The maximum Gasteiger partial charge on any atom is 0.251 e. The van der Waals surface area contributed by atoms with Crippen LogP contribution in [0.25, 0.3) is 5.57 Å². The molecule has 1 aliphatic carbocycles. The molecule has 3 N–H and O–H groups in total. The van der Waals surface area contributed by atoms with Crippen LogP contribution >= 0.6 is 0 Å². The number of aliphatic imine (C=N–C) groups is 2. The zero-order valence-electron chi connectivity index (χ0n) is 23.5. The van der Waals surface area contributed by atoms with Crippen molar-refractivity contribution in [3.8, 4) is 5.75 Å². The van der Waals surface area contributed by atoms with Crippen LogP contribution in [-0.4, -0.2) is 55.0 Å². The Morgan fingerprint density at radius 1 is 1.07 bits per heavy atom. The summed E-state index contributed by atoms with van der Waals surface area (Å²) in [5.74, 6) is -2.57. The lowest BCUT2D eigenvalue weighted by Gasteiger charge is -2.37. The standard InChI is InChI=1S/C32H33F2N5O3/c1-17-12-18(5-6-21(17)31(40)38-19-14-20(15-19)39-32(41)25-4-3-10-35-25)13-26-30-23(9-11-36-26)24(16-37-30)22-7-8-27(42-2)29(34)28(22)33/h5-9,11-12,16,19-20,23,25,35H,3-4,10,13-15H2,1-2H3,(H,38,40)(H,39,41)/t19-,20+,23?,25-/m0/s1. The molecule has 3 aliphatic heterocycles. The second-order valence-corrected chi connectivity index (χ2v) is 11.3. The number of amides is 2. The van der Waals surface area contributed by atoms with Crippen molar-refractivity contribution in [3.63, 3.8) is 0 Å². The Hall–Kier alpha value is -4.18. The number of carbonyl (C=O) groups is 2. The van der Waals surface area contributed by atoms with Crippen molar-refractivity contribution in [3.05, 3.63) is 82.7 Å². The van der Waals surface area contributed by atoms with Crippen LogP contribution in [0.1, 0.15) is 52.7 Å². The summed E-state index contributed by atoms with van der Waals surface area (Å²) in [6.45, 7) is 2.78. The molecule has 4 aliphatic rings. The van der Waals surface area contributed by atoms with Gasteiger partial charge >= 0.3 is 0 Å². The van der Waals surface area contributed by atoms with Gasteiger partial charge in [-0.2, -0.15) is 4.39 Å². The number of hydrogen-bond acceptors (Lipinski definition) is 6. The number of methoxy groups -OCH3 is 1. The third-order valence-electron chi connectivity index (χ3n) is 8.46. The van der Waals surface area contributed by atoms with E-state index in [4.69, 9.17) is 4.74 Å². The normalized spacial score (nSPS) is 24.2. The molecule has 2 aromatic rings. The van der Waals surface area contributed by atoms with Crippen molar-refractivity contribution in [2.75, 3.05) is 13.7 Å². The monoisotopic (exact) mass is 573 g/mol. The van der Waals surface area contributed by atoms with Crippen LogP contribution in [0.2, 0.25) is 0 Å². The number of nitrogens with one attached hydrogen (secondary N) is 3. The number of hydrogen-bond donors (Lipinski definition) is 3. The first kappa shape index (κ1) is 28.0. The highest BCUT2D eigenvalue weighted by Crippen LogP contribution is 2.37. The van der Waals surface area contributed by atoms with Crippen LogP contribution in [0, 0.1) is 24.5 Å². The fraction of sp³-hybridized carbons (Fsp3) is 0.375. The first-order chi connectivity index (χ1) is 20.3. The molecule has 2 atom stereocenters. The highest BCUT2D eigenvalue weighted by Gasteiger charge is 2.34. The van der Waals surface area contributed by atoms with Gasteiger partial charge in [-0.3, -0.25) is 19.6 Å². The first-order valence-corrected chi connectivity index (χ1v) is 14.3. The summed E-state index contributed by atoms with van der Waals surface area (Å²) in [6, 6.07) is 8.62. The van der Waals surface area contributed by atoms with Crippen molar-refractivity contribution in [1.29, 1.82) is 0 Å². The summed E-state index contributed by atoms with van der Waals surface area (Å²) in [5, 5.41) is 9.36. The van der Waals surface area contributed by atoms with Crippen LogP contribution in [0.15, 0.2) is 58.8 Å². The maximum absolute atomic E-state index is 14.8. The Bertz CT molecular complexity index is 1550.